The van der Waals surface area contributed by atoms with Crippen LogP contribution >= 0.6 is 0 Å². The molecule has 1 saturated heterocycles. The van der Waals surface area contributed by atoms with Gasteiger partial charge in [-0.15, -0.1) is 0 Å². The highest BCUT2D eigenvalue weighted by Gasteiger charge is 2.16. The number of nitrogens with zero attached hydrogens (tertiary/aromatic N) is 2. The van der Waals surface area contributed by atoms with E-state index in [1.807, 2.05) is 6.92 Å². The molecule has 1 aromatic heterocycles. The van der Waals surface area contributed by atoms with Gasteiger partial charge in [0.25, 0.3) is 5.56 Å². The lowest BCUT2D eigenvalue weighted by molar-refractivity contribution is 0.360. The zero-order chi connectivity index (χ0) is 9.97. The van der Waals surface area contributed by atoms with E-state index in [2.05, 4.69) is 10.3 Å². The Morgan fingerprint density at radius 3 is 3.21 bits per heavy atom. The SMILES string of the molecule is Cc1cncn(C2CCCNC2)c1=O. The molecule has 1 aromatic rings. The summed E-state index contributed by atoms with van der Waals surface area (Å²) in [6.45, 7) is 3.75. The Bertz CT molecular complexity index is 366. The summed E-state index contributed by atoms with van der Waals surface area (Å²) >= 11 is 0. The molecule has 76 valence electrons. The zero-order valence-corrected chi connectivity index (χ0v) is 8.36. The van der Waals surface area contributed by atoms with Crippen molar-refractivity contribution in [3.63, 3.8) is 0 Å². The molecule has 0 amide bonds. The van der Waals surface area contributed by atoms with Gasteiger partial charge in [0.15, 0.2) is 0 Å². The van der Waals surface area contributed by atoms with Crippen LogP contribution in [0.25, 0.3) is 0 Å². The van der Waals surface area contributed by atoms with Crippen LogP contribution in [0.5, 0.6) is 0 Å². The van der Waals surface area contributed by atoms with E-state index in [-0.39, 0.29) is 11.6 Å². The zero-order valence-electron chi connectivity index (χ0n) is 8.36. The monoisotopic (exact) mass is 193 g/mol. The van der Waals surface area contributed by atoms with Crippen LogP contribution in [0.1, 0.15) is 24.4 Å². The van der Waals surface area contributed by atoms with Crippen molar-refractivity contribution in [3.05, 3.63) is 28.4 Å². The highest BCUT2D eigenvalue weighted by atomic mass is 16.1. The average molecular weight is 193 g/mol. The van der Waals surface area contributed by atoms with E-state index in [0.717, 1.165) is 31.5 Å². The molecule has 4 heteroatoms. The van der Waals surface area contributed by atoms with Crippen molar-refractivity contribution in [2.24, 2.45) is 0 Å². The van der Waals surface area contributed by atoms with Crippen LogP contribution < -0.4 is 10.9 Å². The maximum absolute atomic E-state index is 11.8. The second-order valence-corrected chi connectivity index (χ2v) is 3.79. The molecule has 1 fully saturated rings. The van der Waals surface area contributed by atoms with Gasteiger partial charge in [-0.25, -0.2) is 4.98 Å². The van der Waals surface area contributed by atoms with E-state index in [1.54, 1.807) is 17.1 Å². The van der Waals surface area contributed by atoms with E-state index >= 15 is 0 Å². The Labute approximate surface area is 83.0 Å². The average Bonchev–Trinajstić information content (AvgIpc) is 2.23. The van der Waals surface area contributed by atoms with Crippen molar-refractivity contribution < 1.29 is 0 Å². The first-order valence-electron chi connectivity index (χ1n) is 5.02. The minimum Gasteiger partial charge on any atom is -0.315 e. The largest absolute Gasteiger partial charge is 0.315 e. The van der Waals surface area contributed by atoms with Crippen molar-refractivity contribution >= 4 is 0 Å². The molecular weight excluding hydrogens is 178 g/mol. The van der Waals surface area contributed by atoms with Gasteiger partial charge >= 0.3 is 0 Å². The third kappa shape index (κ3) is 1.70. The van der Waals surface area contributed by atoms with Gasteiger partial charge in [-0.2, -0.15) is 0 Å². The first-order chi connectivity index (χ1) is 6.79. The van der Waals surface area contributed by atoms with Crippen LogP contribution in [0.4, 0.5) is 0 Å². The molecule has 2 rings (SSSR count). The summed E-state index contributed by atoms with van der Waals surface area (Å²) in [4.78, 5) is 15.8. The fourth-order valence-corrected chi connectivity index (χ4v) is 1.86. The smallest absolute Gasteiger partial charge is 0.256 e. The molecule has 1 aliphatic rings. The number of piperidine rings is 1. The van der Waals surface area contributed by atoms with Crippen LogP contribution in [-0.4, -0.2) is 22.6 Å². The van der Waals surface area contributed by atoms with E-state index in [9.17, 15) is 4.79 Å². The summed E-state index contributed by atoms with van der Waals surface area (Å²) in [6, 6.07) is 0.281. The van der Waals surface area contributed by atoms with Gasteiger partial charge in [-0.05, 0) is 26.3 Å². The van der Waals surface area contributed by atoms with E-state index in [1.165, 1.54) is 0 Å². The number of aryl methyl sites for hydroxylation is 1. The summed E-state index contributed by atoms with van der Waals surface area (Å²) in [7, 11) is 0. The summed E-state index contributed by atoms with van der Waals surface area (Å²) in [5.41, 5.74) is 0.812. The number of nitrogens with one attached hydrogen (secondary N) is 1. The topological polar surface area (TPSA) is 46.9 Å². The normalized spacial score (nSPS) is 22.2. The van der Waals surface area contributed by atoms with E-state index in [4.69, 9.17) is 0 Å². The van der Waals surface area contributed by atoms with Crippen molar-refractivity contribution in [1.29, 1.82) is 0 Å². The molecule has 4 nitrogen and oxygen atoms in total. The molecule has 0 spiro atoms. The van der Waals surface area contributed by atoms with Crippen LogP contribution in [-0.2, 0) is 0 Å². The molecule has 0 bridgehead atoms. The van der Waals surface area contributed by atoms with Crippen molar-refractivity contribution in [2.75, 3.05) is 13.1 Å². The van der Waals surface area contributed by atoms with E-state index < -0.39 is 0 Å². The molecular formula is C10H15N3O. The Kier molecular flexibility index (Phi) is 2.63. The van der Waals surface area contributed by atoms with E-state index in [0.29, 0.717) is 0 Å². The second-order valence-electron chi connectivity index (χ2n) is 3.79. The molecule has 0 aromatic carbocycles. The fourth-order valence-electron chi connectivity index (χ4n) is 1.86. The molecule has 14 heavy (non-hydrogen) atoms. The lowest BCUT2D eigenvalue weighted by atomic mass is 10.1. The Hall–Kier alpha value is -1.16. The molecule has 1 N–H and O–H groups in total. The van der Waals surface area contributed by atoms with Gasteiger partial charge in [-0.1, -0.05) is 0 Å². The lowest BCUT2D eigenvalue weighted by Gasteiger charge is -2.24. The Morgan fingerprint density at radius 2 is 2.50 bits per heavy atom. The van der Waals surface area contributed by atoms with Gasteiger partial charge in [0.2, 0.25) is 0 Å². The predicted molar refractivity (Wildman–Crippen MR) is 54.4 cm³/mol. The molecule has 0 saturated carbocycles. The molecule has 0 aliphatic carbocycles. The number of hydrogen-bond acceptors (Lipinski definition) is 3. The quantitative estimate of drug-likeness (QED) is 0.705. The molecule has 1 unspecified atom stereocenters. The van der Waals surface area contributed by atoms with Crippen molar-refractivity contribution in [2.45, 2.75) is 25.8 Å². The predicted octanol–water partition coefficient (Wildman–Crippen LogP) is 0.476. The Balaban J connectivity index is 2.31. The minimum absolute atomic E-state index is 0.0914. The Morgan fingerprint density at radius 1 is 1.64 bits per heavy atom. The van der Waals surface area contributed by atoms with Gasteiger partial charge in [0, 0.05) is 18.3 Å². The number of hydrogen-bond donors (Lipinski definition) is 1. The molecule has 1 aliphatic heterocycles. The number of rotatable bonds is 1. The van der Waals surface area contributed by atoms with Crippen LogP contribution in [0.2, 0.25) is 0 Å². The molecule has 0 radical (unpaired) electrons. The van der Waals surface area contributed by atoms with Gasteiger partial charge in [0.05, 0.1) is 12.4 Å². The van der Waals surface area contributed by atoms with Gasteiger partial charge < -0.3 is 5.32 Å². The highest BCUT2D eigenvalue weighted by Crippen LogP contribution is 2.13. The third-order valence-electron chi connectivity index (χ3n) is 2.70. The van der Waals surface area contributed by atoms with Crippen molar-refractivity contribution in [3.8, 4) is 0 Å². The fraction of sp³-hybridized carbons (Fsp3) is 0.600. The number of aromatic nitrogens is 2. The van der Waals surface area contributed by atoms with Crippen LogP contribution in [0.15, 0.2) is 17.3 Å². The molecule has 2 heterocycles. The van der Waals surface area contributed by atoms with Crippen LogP contribution in [0, 0.1) is 6.92 Å². The van der Waals surface area contributed by atoms with Crippen LogP contribution in [0.3, 0.4) is 0 Å². The van der Waals surface area contributed by atoms with Gasteiger partial charge in [-0.3, -0.25) is 9.36 Å². The first kappa shape index (κ1) is 9.40. The first-order valence-corrected chi connectivity index (χ1v) is 5.02. The second kappa shape index (κ2) is 3.92. The van der Waals surface area contributed by atoms with Gasteiger partial charge in [0.1, 0.15) is 0 Å². The lowest BCUT2D eigenvalue weighted by Crippen LogP contribution is -2.37. The summed E-state index contributed by atoms with van der Waals surface area (Å²) < 4.78 is 1.75. The minimum atomic E-state index is 0.0914. The molecule has 1 atom stereocenters. The summed E-state index contributed by atoms with van der Waals surface area (Å²) in [6.07, 6.45) is 5.46. The summed E-state index contributed by atoms with van der Waals surface area (Å²) in [5.74, 6) is 0. The maximum atomic E-state index is 11.8. The maximum Gasteiger partial charge on any atom is 0.256 e. The summed E-state index contributed by atoms with van der Waals surface area (Å²) in [5, 5.41) is 3.29. The van der Waals surface area contributed by atoms with Crippen molar-refractivity contribution in [1.82, 2.24) is 14.9 Å². The standard InChI is InChI=1S/C10H15N3O/c1-8-5-12-7-13(10(8)14)9-3-2-4-11-6-9/h5,7,9,11H,2-4,6H2,1H3. The third-order valence-corrected chi connectivity index (χ3v) is 2.70. The highest BCUT2D eigenvalue weighted by molar-refractivity contribution is 5.02.